The first-order chi connectivity index (χ1) is 10.5. The Bertz CT molecular complexity index is 418. The number of halogens is 1. The molecular weight excluding hydrogens is 425 g/mol. The summed E-state index contributed by atoms with van der Waals surface area (Å²) in [6, 6.07) is 0. The van der Waals surface area contributed by atoms with Gasteiger partial charge in [0.05, 0.1) is 0 Å². The van der Waals surface area contributed by atoms with Crippen molar-refractivity contribution in [2.75, 3.05) is 65.4 Å². The van der Waals surface area contributed by atoms with Crippen molar-refractivity contribution in [1.82, 2.24) is 20.0 Å². The highest BCUT2D eigenvalue weighted by Gasteiger charge is 2.37. The van der Waals surface area contributed by atoms with Crippen molar-refractivity contribution < 1.29 is 4.79 Å². The topological polar surface area (TPSA) is 51.2 Å². The van der Waals surface area contributed by atoms with Crippen LogP contribution in [0.5, 0.6) is 0 Å². The summed E-state index contributed by atoms with van der Waals surface area (Å²) in [4.78, 5) is 22.4. The Labute approximate surface area is 161 Å². The lowest BCUT2D eigenvalue weighted by molar-refractivity contribution is -0.130. The van der Waals surface area contributed by atoms with Crippen LogP contribution in [0.1, 0.15) is 13.3 Å². The highest BCUT2D eigenvalue weighted by atomic mass is 127. The highest BCUT2D eigenvalue weighted by molar-refractivity contribution is 14.0. The first kappa shape index (κ1) is 20.8. The maximum Gasteiger partial charge on any atom is 0.219 e. The number of amides is 1. The van der Waals surface area contributed by atoms with E-state index in [4.69, 9.17) is 0 Å². The molecule has 2 fully saturated rings. The number of piperazine rings is 1. The van der Waals surface area contributed by atoms with Gasteiger partial charge in [-0.2, -0.15) is 11.8 Å². The molecule has 1 N–H and O–H groups in total. The van der Waals surface area contributed by atoms with Gasteiger partial charge in [-0.15, -0.1) is 24.0 Å². The van der Waals surface area contributed by atoms with Gasteiger partial charge in [0.2, 0.25) is 5.91 Å². The van der Waals surface area contributed by atoms with E-state index in [9.17, 15) is 4.79 Å². The van der Waals surface area contributed by atoms with Crippen molar-refractivity contribution in [2.45, 2.75) is 18.9 Å². The van der Waals surface area contributed by atoms with E-state index in [-0.39, 0.29) is 35.4 Å². The lowest BCUT2D eigenvalue weighted by Crippen LogP contribution is -2.58. The van der Waals surface area contributed by atoms with E-state index >= 15 is 0 Å². The number of hydrogen-bond acceptors (Lipinski definition) is 4. The summed E-state index contributed by atoms with van der Waals surface area (Å²) in [5.41, 5.74) is 0.224. The molecular formula is C15H30IN5OS. The lowest BCUT2D eigenvalue weighted by Gasteiger charge is -2.39. The van der Waals surface area contributed by atoms with Crippen molar-refractivity contribution >= 4 is 47.6 Å². The summed E-state index contributed by atoms with van der Waals surface area (Å²) in [6.07, 6.45) is 1.22. The van der Waals surface area contributed by atoms with E-state index in [1.807, 2.05) is 23.7 Å². The second-order valence-electron chi connectivity index (χ2n) is 6.32. The number of aliphatic imine (C=N–C) groups is 1. The van der Waals surface area contributed by atoms with E-state index < -0.39 is 0 Å². The van der Waals surface area contributed by atoms with Crippen LogP contribution in [-0.2, 0) is 4.79 Å². The summed E-state index contributed by atoms with van der Waals surface area (Å²) in [6.45, 7) is 5.83. The zero-order valence-corrected chi connectivity index (χ0v) is 17.8. The minimum absolute atomic E-state index is 0. The third-order valence-corrected chi connectivity index (χ3v) is 6.08. The minimum Gasteiger partial charge on any atom is -0.354 e. The molecule has 0 bridgehead atoms. The second kappa shape index (κ2) is 9.31. The Morgan fingerprint density at radius 3 is 2.30 bits per heavy atom. The Balaban J connectivity index is 0.00000264. The molecule has 0 aliphatic carbocycles. The standard InChI is InChI=1S/C15H29N5OS.HI/c1-13(21)19-6-8-20(9-7-19)14(16-2)17-11-15(18(3)4)5-10-22-12-15;/h5-12H2,1-4H3,(H,16,17);1H. The number of rotatable bonds is 3. The van der Waals surface area contributed by atoms with Crippen molar-refractivity contribution in [3.63, 3.8) is 0 Å². The third kappa shape index (κ3) is 5.12. The fourth-order valence-electron chi connectivity index (χ4n) is 3.06. The summed E-state index contributed by atoms with van der Waals surface area (Å²) < 4.78 is 0. The minimum atomic E-state index is 0. The molecule has 2 heterocycles. The van der Waals surface area contributed by atoms with E-state index in [0.29, 0.717) is 0 Å². The van der Waals surface area contributed by atoms with Crippen molar-refractivity contribution in [1.29, 1.82) is 0 Å². The maximum absolute atomic E-state index is 11.4. The molecule has 23 heavy (non-hydrogen) atoms. The van der Waals surface area contributed by atoms with Crippen LogP contribution in [0.2, 0.25) is 0 Å². The van der Waals surface area contributed by atoms with Gasteiger partial charge in [-0.05, 0) is 26.3 Å². The predicted octanol–water partition coefficient (Wildman–Crippen LogP) is 0.781. The average Bonchev–Trinajstić information content (AvgIpc) is 2.98. The van der Waals surface area contributed by atoms with Gasteiger partial charge in [0, 0.05) is 58.0 Å². The second-order valence-corrected chi connectivity index (χ2v) is 7.42. The van der Waals surface area contributed by atoms with Gasteiger partial charge in [0.15, 0.2) is 5.96 Å². The lowest BCUT2D eigenvalue weighted by atomic mass is 9.97. The van der Waals surface area contributed by atoms with Gasteiger partial charge >= 0.3 is 0 Å². The molecule has 6 nitrogen and oxygen atoms in total. The molecule has 2 aliphatic heterocycles. The van der Waals surface area contributed by atoms with Crippen LogP contribution in [0, 0.1) is 0 Å². The van der Waals surface area contributed by atoms with Crippen molar-refractivity contribution in [3.05, 3.63) is 0 Å². The Hall–Kier alpha value is -0.220. The van der Waals surface area contributed by atoms with Crippen LogP contribution in [0.4, 0.5) is 0 Å². The third-order valence-electron chi connectivity index (χ3n) is 4.84. The first-order valence-electron chi connectivity index (χ1n) is 7.95. The number of nitrogens with zero attached hydrogens (tertiary/aromatic N) is 4. The Kier molecular flexibility index (Phi) is 8.43. The number of carbonyl (C=O) groups excluding carboxylic acids is 1. The maximum atomic E-state index is 11.4. The number of hydrogen-bond donors (Lipinski definition) is 1. The summed E-state index contributed by atoms with van der Waals surface area (Å²) in [5, 5.41) is 3.56. The van der Waals surface area contributed by atoms with Crippen LogP contribution in [0.25, 0.3) is 0 Å². The zero-order valence-electron chi connectivity index (χ0n) is 14.7. The summed E-state index contributed by atoms with van der Waals surface area (Å²) >= 11 is 2.03. The largest absolute Gasteiger partial charge is 0.354 e. The molecule has 0 saturated carbocycles. The van der Waals surface area contributed by atoms with Gasteiger partial charge in [-0.1, -0.05) is 0 Å². The monoisotopic (exact) mass is 455 g/mol. The fourth-order valence-corrected chi connectivity index (χ4v) is 4.61. The molecule has 0 aromatic heterocycles. The summed E-state index contributed by atoms with van der Waals surface area (Å²) in [7, 11) is 6.18. The van der Waals surface area contributed by atoms with Crippen molar-refractivity contribution in [3.8, 4) is 0 Å². The smallest absolute Gasteiger partial charge is 0.219 e. The molecule has 0 radical (unpaired) electrons. The van der Waals surface area contributed by atoms with Crippen LogP contribution in [0.3, 0.4) is 0 Å². The van der Waals surface area contributed by atoms with Crippen molar-refractivity contribution in [2.24, 2.45) is 4.99 Å². The molecule has 1 unspecified atom stereocenters. The number of guanidine groups is 1. The van der Waals surface area contributed by atoms with Gasteiger partial charge in [0.1, 0.15) is 0 Å². The van der Waals surface area contributed by atoms with E-state index in [1.54, 1.807) is 6.92 Å². The number of carbonyl (C=O) groups is 1. The number of nitrogens with one attached hydrogen (secondary N) is 1. The molecule has 2 rings (SSSR count). The van der Waals surface area contributed by atoms with Gasteiger partial charge in [0.25, 0.3) is 0 Å². The molecule has 2 saturated heterocycles. The van der Waals surface area contributed by atoms with Crippen LogP contribution >= 0.6 is 35.7 Å². The van der Waals surface area contributed by atoms with Crippen LogP contribution < -0.4 is 5.32 Å². The molecule has 2 aliphatic rings. The molecule has 0 aromatic carbocycles. The molecule has 134 valence electrons. The van der Waals surface area contributed by atoms with E-state index in [1.165, 1.54) is 17.9 Å². The molecule has 0 spiro atoms. The molecule has 1 atom stereocenters. The van der Waals surface area contributed by atoms with E-state index in [0.717, 1.165) is 38.7 Å². The molecule has 8 heteroatoms. The average molecular weight is 455 g/mol. The predicted molar refractivity (Wildman–Crippen MR) is 109 cm³/mol. The summed E-state index contributed by atoms with van der Waals surface area (Å²) in [5.74, 6) is 3.52. The number of thioether (sulfide) groups is 1. The van der Waals surface area contributed by atoms with Gasteiger partial charge in [-0.3, -0.25) is 9.79 Å². The Morgan fingerprint density at radius 1 is 1.26 bits per heavy atom. The first-order valence-corrected chi connectivity index (χ1v) is 9.10. The van der Waals surface area contributed by atoms with Gasteiger partial charge in [-0.25, -0.2) is 0 Å². The van der Waals surface area contributed by atoms with Gasteiger partial charge < -0.3 is 20.0 Å². The quantitative estimate of drug-likeness (QED) is 0.388. The Morgan fingerprint density at radius 2 is 1.87 bits per heavy atom. The normalized spacial score (nSPS) is 25.5. The molecule has 1 amide bonds. The van der Waals surface area contributed by atoms with E-state index in [2.05, 4.69) is 34.2 Å². The molecule has 0 aromatic rings. The van der Waals surface area contributed by atoms with Crippen LogP contribution in [0.15, 0.2) is 4.99 Å². The zero-order chi connectivity index (χ0) is 16.2. The van der Waals surface area contributed by atoms with Crippen LogP contribution in [-0.4, -0.2) is 97.5 Å². The SMILES string of the molecule is CN=C(NCC1(N(C)C)CCSC1)N1CCN(C(C)=O)CC1.I. The highest BCUT2D eigenvalue weighted by Crippen LogP contribution is 2.31. The number of likely N-dealkylation sites (N-methyl/N-ethyl adjacent to an activating group) is 1. The fraction of sp³-hybridized carbons (Fsp3) is 0.867.